The molecule has 12 heteroatoms. The van der Waals surface area contributed by atoms with Crippen LogP contribution in [0.5, 0.6) is 51.7 Å². The number of pyridine rings is 1. The normalized spacial score (nSPS) is 13.3. The molecule has 0 saturated carbocycles. The summed E-state index contributed by atoms with van der Waals surface area (Å²) in [4.78, 5) is 5.94. The highest BCUT2D eigenvalue weighted by molar-refractivity contribution is 5.63. The summed E-state index contributed by atoms with van der Waals surface area (Å²) in [6.07, 6.45) is 12.7. The monoisotopic (exact) mass is 1730 g/mol. The van der Waals surface area contributed by atoms with Gasteiger partial charge in [0, 0.05) is 90.7 Å². The van der Waals surface area contributed by atoms with E-state index in [0.717, 1.165) is 109 Å². The Hall–Kier alpha value is -9.91. The fraction of sp³-hybridized carbons (Fsp3) is 0.487. The molecule has 10 aromatic rings. The second kappa shape index (κ2) is 40.8. The zero-order valence-corrected chi connectivity index (χ0v) is 83.2. The maximum Gasteiger partial charge on any atom is 0.122 e. The van der Waals surface area contributed by atoms with Gasteiger partial charge in [-0.1, -0.05) is 296 Å². The van der Waals surface area contributed by atoms with Crippen molar-refractivity contribution in [3.05, 3.63) is 285 Å². The van der Waals surface area contributed by atoms with Crippen molar-refractivity contribution in [1.29, 1.82) is 0 Å². The SMILES string of the molecule is CCC(C)(C)c1cc2c(O)c(c1)Cc1cc(C(C)(C)CC)cc(c1O)Cc1cc(C(C)(C)CC)cc(c1O)Cc1cc(C(C)(C)CC)cc(c1O)Cc1cc(C(C)(C)CC)cc(c1O)Cc1cc(C(C)(C)CC)cc(c1O)Cc1cc(C(C)(C)CC)cc(c1O)Cc1cc(C(C)(C)CC)cc(c1O)C2.CCC(C)(C)c1ccc(O)cc1.CN(C)c1ccncc1.CO. The summed E-state index contributed by atoms with van der Waals surface area (Å²) < 4.78 is 0. The fourth-order valence-corrected chi connectivity index (χ4v) is 16.4. The van der Waals surface area contributed by atoms with Crippen LogP contribution in [-0.2, 0) is 100 Å². The summed E-state index contributed by atoms with van der Waals surface area (Å²) in [5.41, 5.74) is 18.6. The minimum Gasteiger partial charge on any atom is -0.508 e. The van der Waals surface area contributed by atoms with E-state index >= 15 is 0 Å². The van der Waals surface area contributed by atoms with Gasteiger partial charge in [-0.05, 0) is 270 Å². The molecule has 1 aromatic heterocycles. The Balaban J connectivity index is 0.000000753. The smallest absolute Gasteiger partial charge is 0.122 e. The quantitative estimate of drug-likeness (QED) is 0.0366. The highest BCUT2D eigenvalue weighted by Gasteiger charge is 2.34. The average Bonchev–Trinajstić information content (AvgIpc) is 0.772. The van der Waals surface area contributed by atoms with Crippen LogP contribution in [0.4, 0.5) is 5.69 Å². The Morgan fingerprint density at radius 3 is 0.449 bits per heavy atom. The lowest BCUT2D eigenvalue weighted by atomic mass is 9.76. The third-order valence-electron chi connectivity index (χ3n) is 30.2. The number of hydrogen-bond donors (Lipinski definition) is 10. The van der Waals surface area contributed by atoms with Crippen LogP contribution in [0.1, 0.15) is 384 Å². The Kier molecular flexibility index (Phi) is 32.9. The molecule has 1 aliphatic carbocycles. The van der Waals surface area contributed by atoms with Crippen molar-refractivity contribution < 1.29 is 51.1 Å². The lowest BCUT2D eigenvalue weighted by Gasteiger charge is -2.29. The number of phenols is 9. The highest BCUT2D eigenvalue weighted by Crippen LogP contribution is 2.49. The standard InChI is InChI=1S/C96H128O8.C11H16O.C7H10N2.CH4O/c1-25-89(9,10)73-41-57-33-59-43-74(90(11,12)26-2)45-61(82(59)98)35-63-47-76(92(15,16)28-4)49-65(84(63)100)37-67-51-78(94(19,20)30-6)53-69(86(67)102)39-71-55-80(96(23,24)32-8)56-72(88(71)104)40-70-54-79(95(21,22)31-7)52-68(87(70)103)38-66-50-77(93(17,18)29-5)48-64(85(66)101)36-62-46-75(91(13,14)27-3)44-60(83(62)99)34-58(42-73)81(57)97;1-4-11(2,3)9-5-7-10(12)8-6-9;1-9(2)7-3-5-8-6-4-7;1-2/h41-56,97-104H,25-40H2,1-24H3;5-8,12H,4H2,1-3H3;3-6H,1-2H3;2H,1H3. The minimum atomic E-state index is -0.327. The third-order valence-corrected chi connectivity index (χ3v) is 30.2. The van der Waals surface area contributed by atoms with E-state index in [-0.39, 0.29) is 146 Å². The first-order valence-corrected chi connectivity index (χ1v) is 46.8. The van der Waals surface area contributed by atoms with Gasteiger partial charge >= 0.3 is 0 Å². The number of fused-ring (bicyclic) bond motifs is 16. The van der Waals surface area contributed by atoms with E-state index in [0.29, 0.717) is 94.8 Å². The summed E-state index contributed by atoms with van der Waals surface area (Å²) in [7, 11) is 5.02. The average molecular weight is 1730 g/mol. The summed E-state index contributed by atoms with van der Waals surface area (Å²) in [6, 6.07) is 44.9. The number of phenolic OH excluding ortho intramolecular Hbond substituents is 9. The highest BCUT2D eigenvalue weighted by atomic mass is 16.3. The van der Waals surface area contributed by atoms with Gasteiger partial charge in [0.25, 0.3) is 0 Å². The lowest BCUT2D eigenvalue weighted by Crippen LogP contribution is -2.18. The molecule has 10 N–H and O–H groups in total. The molecule has 688 valence electrons. The molecule has 0 atom stereocenters. The Morgan fingerprint density at radius 1 is 0.213 bits per heavy atom. The number of nitrogens with zero attached hydrogens (tertiary/aromatic N) is 2. The van der Waals surface area contributed by atoms with Crippen molar-refractivity contribution in [1.82, 2.24) is 4.98 Å². The molecule has 0 fully saturated rings. The van der Waals surface area contributed by atoms with E-state index in [1.807, 2.05) is 43.3 Å². The van der Waals surface area contributed by atoms with Crippen LogP contribution < -0.4 is 4.90 Å². The number of aromatic hydroxyl groups is 9. The molecule has 0 radical (unpaired) electrons. The van der Waals surface area contributed by atoms with E-state index in [1.54, 1.807) is 24.5 Å². The zero-order chi connectivity index (χ0) is 95.0. The van der Waals surface area contributed by atoms with Gasteiger partial charge in [0.05, 0.1) is 0 Å². The van der Waals surface area contributed by atoms with Gasteiger partial charge in [-0.2, -0.15) is 0 Å². The van der Waals surface area contributed by atoms with Crippen molar-refractivity contribution in [3.63, 3.8) is 0 Å². The number of hydrogen-bond acceptors (Lipinski definition) is 12. The van der Waals surface area contributed by atoms with Crippen LogP contribution in [0.2, 0.25) is 0 Å². The van der Waals surface area contributed by atoms with E-state index in [4.69, 9.17) is 10.2 Å². The number of aromatic nitrogens is 1. The number of anilines is 1. The minimum absolute atomic E-state index is 0.0909. The van der Waals surface area contributed by atoms with E-state index in [1.165, 1.54) is 11.3 Å². The molecule has 1 aliphatic rings. The maximum absolute atomic E-state index is 13.0. The zero-order valence-electron chi connectivity index (χ0n) is 83.2. The molecular weight excluding hydrogens is 1570 g/mol. The molecule has 0 amide bonds. The first-order valence-electron chi connectivity index (χ1n) is 46.8. The van der Waals surface area contributed by atoms with Crippen molar-refractivity contribution in [3.8, 4) is 51.7 Å². The Morgan fingerprint density at radius 2 is 0.339 bits per heavy atom. The van der Waals surface area contributed by atoms with Crippen LogP contribution in [0.25, 0.3) is 0 Å². The van der Waals surface area contributed by atoms with Gasteiger partial charge < -0.3 is 56.0 Å². The Labute approximate surface area is 764 Å². The van der Waals surface area contributed by atoms with Crippen LogP contribution in [0, 0.1) is 0 Å². The second-order valence-electron chi connectivity index (χ2n) is 42.3. The van der Waals surface area contributed by atoms with Gasteiger partial charge in [-0.15, -0.1) is 0 Å². The van der Waals surface area contributed by atoms with Gasteiger partial charge in [0.2, 0.25) is 0 Å². The summed E-state index contributed by atoms with van der Waals surface area (Å²) in [5, 5.41) is 120. The van der Waals surface area contributed by atoms with Crippen molar-refractivity contribution in [2.45, 2.75) is 345 Å². The number of aliphatic hydroxyl groups excluding tert-OH is 1. The lowest BCUT2D eigenvalue weighted by molar-refractivity contribution is 0.399. The summed E-state index contributed by atoms with van der Waals surface area (Å²) in [6.45, 7) is 59.4. The first kappa shape index (κ1) is 102. The molecule has 16 bridgehead atoms. The Bertz CT molecular complexity index is 4410. The van der Waals surface area contributed by atoms with Crippen molar-refractivity contribution >= 4 is 5.69 Å². The molecule has 0 unspecified atom stereocenters. The van der Waals surface area contributed by atoms with Gasteiger partial charge in [0.15, 0.2) is 0 Å². The largest absolute Gasteiger partial charge is 0.508 e. The summed E-state index contributed by atoms with van der Waals surface area (Å²) in [5.74, 6) is 1.07. The molecule has 0 aliphatic heterocycles. The van der Waals surface area contributed by atoms with Crippen molar-refractivity contribution in [2.75, 3.05) is 26.1 Å². The van der Waals surface area contributed by atoms with E-state index < -0.39 is 0 Å². The summed E-state index contributed by atoms with van der Waals surface area (Å²) >= 11 is 0. The molecule has 0 saturated heterocycles. The predicted molar refractivity (Wildman–Crippen MR) is 532 cm³/mol. The molecule has 127 heavy (non-hydrogen) atoms. The number of rotatable bonds is 19. The molecule has 11 rings (SSSR count). The van der Waals surface area contributed by atoms with E-state index in [9.17, 15) is 40.9 Å². The number of aliphatic hydroxyl groups is 1. The van der Waals surface area contributed by atoms with Crippen LogP contribution in [0.15, 0.2) is 146 Å². The topological polar surface area (TPSA) is 218 Å². The van der Waals surface area contributed by atoms with Crippen LogP contribution in [-0.4, -0.2) is 77.3 Å². The molecule has 12 nitrogen and oxygen atoms in total. The van der Waals surface area contributed by atoms with Crippen molar-refractivity contribution in [2.24, 2.45) is 0 Å². The maximum atomic E-state index is 13.0. The second-order valence-corrected chi connectivity index (χ2v) is 42.3. The van der Waals surface area contributed by atoms with Crippen LogP contribution in [0.3, 0.4) is 0 Å². The van der Waals surface area contributed by atoms with Gasteiger partial charge in [0.1, 0.15) is 51.7 Å². The third kappa shape index (κ3) is 23.6. The predicted octanol–water partition coefficient (Wildman–Crippen LogP) is 27.7. The first-order chi connectivity index (χ1) is 59.2. The number of benzene rings is 9. The molecule has 0 spiro atoms. The van der Waals surface area contributed by atoms with E-state index in [2.05, 4.69) is 289 Å². The van der Waals surface area contributed by atoms with Gasteiger partial charge in [-0.3, -0.25) is 4.98 Å². The fourth-order valence-electron chi connectivity index (χ4n) is 16.4. The van der Waals surface area contributed by atoms with Gasteiger partial charge in [-0.25, -0.2) is 0 Å². The molecule has 9 aromatic carbocycles. The van der Waals surface area contributed by atoms with Crippen LogP contribution >= 0.6 is 0 Å². The molecule has 1 heterocycles. The molecular formula is C115H158N2O10.